The third-order valence-corrected chi connectivity index (χ3v) is 3.19. The van der Waals surface area contributed by atoms with Crippen LogP contribution in [0.2, 0.25) is 0 Å². The lowest BCUT2D eigenvalue weighted by Gasteiger charge is -2.23. The number of nitrogens with one attached hydrogen (secondary N) is 1. The molecule has 0 amide bonds. The molecule has 1 N–H and O–H groups in total. The maximum absolute atomic E-state index is 10.9. The minimum Gasteiger partial charge on any atom is -0.469 e. The van der Waals surface area contributed by atoms with Crippen LogP contribution in [0.25, 0.3) is 0 Å². The second kappa shape index (κ2) is 5.23. The van der Waals surface area contributed by atoms with Gasteiger partial charge < -0.3 is 10.1 Å². The largest absolute Gasteiger partial charge is 0.469 e. The second-order valence-corrected chi connectivity index (χ2v) is 4.61. The molecule has 5 heteroatoms. The molecule has 0 aliphatic rings. The van der Waals surface area contributed by atoms with Crippen molar-refractivity contribution in [2.45, 2.75) is 25.8 Å². The van der Waals surface area contributed by atoms with E-state index in [1.807, 2.05) is 19.2 Å². The summed E-state index contributed by atoms with van der Waals surface area (Å²) in [4.78, 5) is 15.2. The molecule has 0 fully saturated rings. The van der Waals surface area contributed by atoms with Crippen LogP contribution >= 0.6 is 11.3 Å². The summed E-state index contributed by atoms with van der Waals surface area (Å²) in [6.07, 6.45) is 2.16. The first-order valence-corrected chi connectivity index (χ1v) is 5.66. The smallest absolute Gasteiger partial charge is 0.306 e. The topological polar surface area (TPSA) is 51.2 Å². The van der Waals surface area contributed by atoms with E-state index in [-0.39, 0.29) is 11.5 Å². The summed E-state index contributed by atoms with van der Waals surface area (Å²) in [6.45, 7) is 4.69. The summed E-state index contributed by atoms with van der Waals surface area (Å²) in [5, 5.41) is 6.24. The number of hydrogen-bond donors (Lipinski definition) is 1. The van der Waals surface area contributed by atoms with Crippen LogP contribution in [0.3, 0.4) is 0 Å². The number of carbonyl (C=O) groups excluding carboxylic acids is 1. The van der Waals surface area contributed by atoms with Crippen LogP contribution in [-0.2, 0) is 15.1 Å². The van der Waals surface area contributed by atoms with E-state index in [9.17, 15) is 4.79 Å². The molecule has 0 bridgehead atoms. The van der Waals surface area contributed by atoms with Gasteiger partial charge in [-0.3, -0.25) is 4.79 Å². The Hall–Kier alpha value is -0.940. The van der Waals surface area contributed by atoms with E-state index >= 15 is 0 Å². The average Bonchev–Trinajstić information content (AvgIpc) is 2.70. The lowest BCUT2D eigenvalue weighted by atomic mass is 10.1. The monoisotopic (exact) mass is 228 g/mol. The molecule has 1 aromatic heterocycles. The van der Waals surface area contributed by atoms with Gasteiger partial charge in [-0.05, 0) is 13.8 Å². The number of hydrogen-bond acceptors (Lipinski definition) is 5. The van der Waals surface area contributed by atoms with Crippen LogP contribution in [-0.4, -0.2) is 24.6 Å². The van der Waals surface area contributed by atoms with Gasteiger partial charge in [-0.15, -0.1) is 11.3 Å². The number of thiazole rings is 1. The highest BCUT2D eigenvalue weighted by Crippen LogP contribution is 2.21. The Morgan fingerprint density at radius 3 is 2.93 bits per heavy atom. The molecule has 0 radical (unpaired) electrons. The molecule has 15 heavy (non-hydrogen) atoms. The molecular formula is C10H16N2O2S. The highest BCUT2D eigenvalue weighted by Gasteiger charge is 2.22. The van der Waals surface area contributed by atoms with E-state index in [1.165, 1.54) is 7.11 Å². The number of ether oxygens (including phenoxy) is 1. The number of nitrogens with zero attached hydrogens (tertiary/aromatic N) is 1. The van der Waals surface area contributed by atoms with Gasteiger partial charge in [0.25, 0.3) is 0 Å². The number of rotatable bonds is 5. The van der Waals surface area contributed by atoms with Gasteiger partial charge in [0.05, 0.1) is 19.1 Å². The Balaban J connectivity index is 2.41. The predicted molar refractivity (Wildman–Crippen MR) is 59.8 cm³/mol. The van der Waals surface area contributed by atoms with E-state index in [1.54, 1.807) is 17.5 Å². The van der Waals surface area contributed by atoms with E-state index in [0.29, 0.717) is 13.0 Å². The van der Waals surface area contributed by atoms with Crippen molar-refractivity contribution in [1.82, 2.24) is 10.3 Å². The molecule has 0 atom stereocenters. The minimum absolute atomic E-state index is 0.192. The number of esters is 1. The fourth-order valence-corrected chi connectivity index (χ4v) is 1.93. The highest BCUT2D eigenvalue weighted by molar-refractivity contribution is 7.09. The predicted octanol–water partition coefficient (Wildman–Crippen LogP) is 1.53. The van der Waals surface area contributed by atoms with Gasteiger partial charge in [0.2, 0.25) is 0 Å². The molecule has 0 spiro atoms. The van der Waals surface area contributed by atoms with Crippen LogP contribution < -0.4 is 5.32 Å². The Morgan fingerprint density at radius 1 is 1.67 bits per heavy atom. The molecule has 1 aromatic rings. The lowest BCUT2D eigenvalue weighted by Crippen LogP contribution is -2.37. The molecule has 0 aliphatic carbocycles. The minimum atomic E-state index is -0.197. The molecule has 4 nitrogen and oxygen atoms in total. The summed E-state index contributed by atoms with van der Waals surface area (Å²) < 4.78 is 4.56. The molecule has 0 saturated carbocycles. The molecule has 1 rings (SSSR count). The normalized spacial score (nSPS) is 11.4. The summed E-state index contributed by atoms with van der Waals surface area (Å²) in [5.74, 6) is -0.197. The first kappa shape index (κ1) is 12.1. The summed E-state index contributed by atoms with van der Waals surface area (Å²) in [7, 11) is 1.40. The number of aromatic nitrogens is 1. The Bertz CT molecular complexity index is 309. The van der Waals surface area contributed by atoms with E-state index in [2.05, 4.69) is 15.0 Å². The SMILES string of the molecule is COC(=O)CCNC(C)(C)c1nccs1. The van der Waals surface area contributed by atoms with Crippen LogP contribution in [0.15, 0.2) is 11.6 Å². The van der Waals surface area contributed by atoms with Gasteiger partial charge in [-0.1, -0.05) is 0 Å². The van der Waals surface area contributed by atoms with Crippen molar-refractivity contribution in [3.8, 4) is 0 Å². The summed E-state index contributed by atoms with van der Waals surface area (Å²) in [6, 6.07) is 0. The van der Waals surface area contributed by atoms with Crippen LogP contribution in [0.1, 0.15) is 25.3 Å². The Kier molecular flexibility index (Phi) is 4.23. The zero-order valence-corrected chi connectivity index (χ0v) is 10.1. The molecule has 1 heterocycles. The highest BCUT2D eigenvalue weighted by atomic mass is 32.1. The molecular weight excluding hydrogens is 212 g/mol. The van der Waals surface area contributed by atoms with E-state index < -0.39 is 0 Å². The maximum atomic E-state index is 10.9. The van der Waals surface area contributed by atoms with Crippen molar-refractivity contribution in [2.24, 2.45) is 0 Å². The van der Waals surface area contributed by atoms with Crippen molar-refractivity contribution in [1.29, 1.82) is 0 Å². The zero-order valence-electron chi connectivity index (χ0n) is 9.24. The van der Waals surface area contributed by atoms with Crippen LogP contribution in [0.5, 0.6) is 0 Å². The van der Waals surface area contributed by atoms with Crippen molar-refractivity contribution < 1.29 is 9.53 Å². The zero-order chi connectivity index (χ0) is 11.3. The maximum Gasteiger partial charge on any atom is 0.306 e. The summed E-state index contributed by atoms with van der Waals surface area (Å²) in [5.41, 5.74) is -0.192. The Morgan fingerprint density at radius 2 is 2.40 bits per heavy atom. The average molecular weight is 228 g/mol. The first-order chi connectivity index (χ1) is 7.06. The molecule has 0 saturated heterocycles. The number of methoxy groups -OCH3 is 1. The fraction of sp³-hybridized carbons (Fsp3) is 0.600. The molecule has 0 aliphatic heterocycles. The Labute approximate surface area is 93.7 Å². The van der Waals surface area contributed by atoms with Gasteiger partial charge in [0.1, 0.15) is 5.01 Å². The quantitative estimate of drug-likeness (QED) is 0.777. The third kappa shape index (κ3) is 3.60. The van der Waals surface area contributed by atoms with Crippen molar-refractivity contribution in [3.63, 3.8) is 0 Å². The van der Waals surface area contributed by atoms with Crippen molar-refractivity contribution in [3.05, 3.63) is 16.6 Å². The summed E-state index contributed by atoms with van der Waals surface area (Å²) >= 11 is 1.60. The van der Waals surface area contributed by atoms with Crippen LogP contribution in [0, 0.1) is 0 Å². The first-order valence-electron chi connectivity index (χ1n) is 4.78. The molecule has 0 aromatic carbocycles. The van der Waals surface area contributed by atoms with Crippen molar-refractivity contribution in [2.75, 3.05) is 13.7 Å². The molecule has 0 unspecified atom stereocenters. The van der Waals surface area contributed by atoms with E-state index in [4.69, 9.17) is 0 Å². The van der Waals surface area contributed by atoms with Crippen molar-refractivity contribution >= 4 is 17.3 Å². The third-order valence-electron chi connectivity index (χ3n) is 2.09. The van der Waals surface area contributed by atoms with Gasteiger partial charge in [-0.2, -0.15) is 0 Å². The van der Waals surface area contributed by atoms with Gasteiger partial charge in [0.15, 0.2) is 0 Å². The standard InChI is InChI=1S/C10H16N2O2S/c1-10(2,9-11-6-7-15-9)12-5-4-8(13)14-3/h6-7,12H,4-5H2,1-3H3. The lowest BCUT2D eigenvalue weighted by molar-refractivity contribution is -0.140. The second-order valence-electron chi connectivity index (χ2n) is 3.72. The molecule has 84 valence electrons. The fourth-order valence-electron chi connectivity index (χ4n) is 1.19. The van der Waals surface area contributed by atoms with Crippen LogP contribution in [0.4, 0.5) is 0 Å². The number of carbonyl (C=O) groups is 1. The van der Waals surface area contributed by atoms with Gasteiger partial charge in [-0.25, -0.2) is 4.98 Å². The van der Waals surface area contributed by atoms with Gasteiger partial charge >= 0.3 is 5.97 Å². The van der Waals surface area contributed by atoms with Gasteiger partial charge in [0, 0.05) is 18.1 Å². The van der Waals surface area contributed by atoms with E-state index in [0.717, 1.165) is 5.01 Å².